The van der Waals surface area contributed by atoms with E-state index in [-0.39, 0.29) is 24.4 Å². The number of piperidine rings is 1. The van der Waals surface area contributed by atoms with Crippen molar-refractivity contribution >= 4 is 0 Å². The standard InChI is InChI=1S/C26H39NO5/c1-4-6-22-26-11-12-27(16-18-7-5-8-18)21(25(26,2)28)15-19-9-10-20(24(32-22)23(19)26)31-17-30-14-13-29-3/h9-10,18,21-22,28H,4-8,11-17H2,1-3H3/t21-,22?,25?,26-/m1/s1. The molecule has 6 heteroatoms. The third kappa shape index (κ3) is 3.37. The van der Waals surface area contributed by atoms with E-state index in [0.29, 0.717) is 13.2 Å². The van der Waals surface area contributed by atoms with Gasteiger partial charge in [0.15, 0.2) is 18.3 Å². The third-order valence-corrected chi connectivity index (χ3v) is 8.66. The molecule has 1 spiro atoms. The highest BCUT2D eigenvalue weighted by atomic mass is 16.7. The normalized spacial score (nSPS) is 33.5. The molecule has 4 atom stereocenters. The van der Waals surface area contributed by atoms with Gasteiger partial charge in [0, 0.05) is 25.3 Å². The molecule has 6 nitrogen and oxygen atoms in total. The van der Waals surface area contributed by atoms with Crippen LogP contribution in [0.25, 0.3) is 0 Å². The first kappa shape index (κ1) is 22.5. The molecule has 32 heavy (non-hydrogen) atoms. The molecule has 2 unspecified atom stereocenters. The third-order valence-electron chi connectivity index (χ3n) is 8.66. The topological polar surface area (TPSA) is 60.4 Å². The fourth-order valence-corrected chi connectivity index (χ4v) is 6.78. The van der Waals surface area contributed by atoms with E-state index in [2.05, 4.69) is 24.8 Å². The van der Waals surface area contributed by atoms with E-state index in [1.165, 1.54) is 30.4 Å². The van der Waals surface area contributed by atoms with Crippen molar-refractivity contribution in [3.63, 3.8) is 0 Å². The number of ether oxygens (including phenoxy) is 4. The molecule has 5 rings (SSSR count). The van der Waals surface area contributed by atoms with E-state index in [4.69, 9.17) is 18.9 Å². The molecule has 4 aliphatic rings. The van der Waals surface area contributed by atoms with E-state index in [1.54, 1.807) is 7.11 Å². The molecule has 2 aliphatic carbocycles. The molecule has 1 saturated heterocycles. The summed E-state index contributed by atoms with van der Waals surface area (Å²) in [5, 5.41) is 12.2. The van der Waals surface area contributed by atoms with Crippen LogP contribution in [0.1, 0.15) is 63.5 Å². The van der Waals surface area contributed by atoms with Gasteiger partial charge in [0.2, 0.25) is 0 Å². The predicted octanol–water partition coefficient (Wildman–Crippen LogP) is 3.67. The number of nitrogens with zero attached hydrogens (tertiary/aromatic N) is 1. The minimum atomic E-state index is -0.833. The van der Waals surface area contributed by atoms with Crippen molar-refractivity contribution in [1.82, 2.24) is 4.90 Å². The van der Waals surface area contributed by atoms with Gasteiger partial charge in [-0.25, -0.2) is 0 Å². The van der Waals surface area contributed by atoms with Gasteiger partial charge in [-0.15, -0.1) is 0 Å². The van der Waals surface area contributed by atoms with Crippen LogP contribution in [-0.2, 0) is 21.3 Å². The quantitative estimate of drug-likeness (QED) is 0.438. The summed E-state index contributed by atoms with van der Waals surface area (Å²) < 4.78 is 23.2. The van der Waals surface area contributed by atoms with Crippen molar-refractivity contribution in [2.75, 3.05) is 40.2 Å². The largest absolute Gasteiger partial charge is 0.485 e. The fourth-order valence-electron chi connectivity index (χ4n) is 6.78. The summed E-state index contributed by atoms with van der Waals surface area (Å²) in [6.07, 6.45) is 7.78. The summed E-state index contributed by atoms with van der Waals surface area (Å²) in [5.74, 6) is 2.37. The molecule has 2 aliphatic heterocycles. The van der Waals surface area contributed by atoms with Gasteiger partial charge in [0.05, 0.1) is 24.2 Å². The summed E-state index contributed by atoms with van der Waals surface area (Å²) in [4.78, 5) is 2.59. The van der Waals surface area contributed by atoms with Gasteiger partial charge in [-0.1, -0.05) is 25.8 Å². The first-order valence-corrected chi connectivity index (χ1v) is 12.5. The number of benzene rings is 1. The van der Waals surface area contributed by atoms with Crippen molar-refractivity contribution in [1.29, 1.82) is 0 Å². The maximum absolute atomic E-state index is 12.2. The number of likely N-dealkylation sites (tertiary alicyclic amines) is 1. The number of rotatable bonds is 10. The first-order valence-electron chi connectivity index (χ1n) is 12.5. The molecular weight excluding hydrogens is 406 g/mol. The van der Waals surface area contributed by atoms with E-state index in [1.807, 2.05) is 6.07 Å². The molecule has 0 radical (unpaired) electrons. The zero-order chi connectivity index (χ0) is 22.3. The van der Waals surface area contributed by atoms with Crippen LogP contribution < -0.4 is 9.47 Å². The molecule has 178 valence electrons. The molecule has 2 heterocycles. The van der Waals surface area contributed by atoms with Crippen LogP contribution in [0.2, 0.25) is 0 Å². The lowest BCUT2D eigenvalue weighted by Crippen LogP contribution is -2.73. The average Bonchev–Trinajstić information content (AvgIpc) is 3.06. The molecular formula is C26H39NO5. The summed E-state index contributed by atoms with van der Waals surface area (Å²) in [7, 11) is 1.66. The van der Waals surface area contributed by atoms with Crippen LogP contribution in [0.3, 0.4) is 0 Å². The van der Waals surface area contributed by atoms with Gasteiger partial charge in [-0.05, 0) is 63.1 Å². The van der Waals surface area contributed by atoms with Crippen molar-refractivity contribution in [3.05, 3.63) is 23.3 Å². The lowest BCUT2D eigenvalue weighted by atomic mass is 9.53. The molecule has 1 N–H and O–H groups in total. The van der Waals surface area contributed by atoms with Gasteiger partial charge < -0.3 is 24.1 Å². The van der Waals surface area contributed by atoms with Gasteiger partial charge in [0.25, 0.3) is 0 Å². The average molecular weight is 446 g/mol. The lowest BCUT2D eigenvalue weighted by Gasteiger charge is -2.60. The maximum Gasteiger partial charge on any atom is 0.189 e. The Kier molecular flexibility index (Phi) is 6.16. The van der Waals surface area contributed by atoms with E-state index in [0.717, 1.165) is 56.2 Å². The zero-order valence-electron chi connectivity index (χ0n) is 19.9. The Bertz CT molecular complexity index is 823. The minimum Gasteiger partial charge on any atom is -0.485 e. The Morgan fingerprint density at radius 2 is 2.09 bits per heavy atom. The van der Waals surface area contributed by atoms with Crippen LogP contribution in [-0.4, -0.2) is 68.0 Å². The summed E-state index contributed by atoms with van der Waals surface area (Å²) in [6.45, 7) is 7.64. The summed E-state index contributed by atoms with van der Waals surface area (Å²) in [6, 6.07) is 4.37. The molecule has 1 saturated carbocycles. The Labute approximate surface area is 192 Å². The minimum absolute atomic E-state index is 0.0240. The Morgan fingerprint density at radius 3 is 2.81 bits per heavy atom. The molecule has 1 aromatic carbocycles. The zero-order valence-corrected chi connectivity index (χ0v) is 19.9. The summed E-state index contributed by atoms with van der Waals surface area (Å²) in [5.41, 5.74) is 1.32. The second-order valence-electron chi connectivity index (χ2n) is 10.4. The highest BCUT2D eigenvalue weighted by Crippen LogP contribution is 2.62. The highest BCUT2D eigenvalue weighted by molar-refractivity contribution is 5.62. The SMILES string of the molecule is CCCC1Oc2c(OCOCCOC)ccc3c2[C@@]12CCN(CC1CCC1)[C@H](C3)C2(C)O. The van der Waals surface area contributed by atoms with Gasteiger partial charge in [-0.2, -0.15) is 0 Å². The van der Waals surface area contributed by atoms with Crippen molar-refractivity contribution in [3.8, 4) is 11.5 Å². The molecule has 0 amide bonds. The second-order valence-corrected chi connectivity index (χ2v) is 10.4. The molecule has 0 aromatic heterocycles. The highest BCUT2D eigenvalue weighted by Gasteiger charge is 2.68. The van der Waals surface area contributed by atoms with Crippen LogP contribution in [0.4, 0.5) is 0 Å². The van der Waals surface area contributed by atoms with Gasteiger partial charge in [0.1, 0.15) is 6.10 Å². The van der Waals surface area contributed by atoms with Crippen molar-refractivity contribution in [2.24, 2.45) is 5.92 Å². The second kappa shape index (κ2) is 8.79. The van der Waals surface area contributed by atoms with Crippen LogP contribution in [0, 0.1) is 5.92 Å². The van der Waals surface area contributed by atoms with Gasteiger partial charge in [-0.3, -0.25) is 4.90 Å². The van der Waals surface area contributed by atoms with E-state index in [9.17, 15) is 5.11 Å². The van der Waals surface area contributed by atoms with Gasteiger partial charge >= 0.3 is 0 Å². The lowest BCUT2D eigenvalue weighted by molar-refractivity contribution is -0.158. The van der Waals surface area contributed by atoms with Crippen molar-refractivity contribution in [2.45, 2.75) is 82.0 Å². The Balaban J connectivity index is 1.47. The van der Waals surface area contributed by atoms with E-state index < -0.39 is 5.60 Å². The fraction of sp³-hybridized carbons (Fsp3) is 0.769. The number of aliphatic hydroxyl groups is 1. The molecule has 2 bridgehead atoms. The molecule has 2 fully saturated rings. The number of hydrogen-bond acceptors (Lipinski definition) is 6. The molecule has 1 aromatic rings. The Hall–Kier alpha value is -1.34. The number of methoxy groups -OCH3 is 1. The monoisotopic (exact) mass is 445 g/mol. The van der Waals surface area contributed by atoms with Crippen molar-refractivity contribution < 1.29 is 24.1 Å². The van der Waals surface area contributed by atoms with Crippen LogP contribution >= 0.6 is 0 Å². The maximum atomic E-state index is 12.2. The van der Waals surface area contributed by atoms with E-state index >= 15 is 0 Å². The smallest absolute Gasteiger partial charge is 0.189 e. The Morgan fingerprint density at radius 1 is 1.25 bits per heavy atom. The summed E-state index contributed by atoms with van der Waals surface area (Å²) >= 11 is 0. The predicted molar refractivity (Wildman–Crippen MR) is 122 cm³/mol. The first-order chi connectivity index (χ1) is 15.5. The number of fused-ring (bicyclic) bond motifs is 1. The van der Waals surface area contributed by atoms with Crippen LogP contribution in [0.5, 0.6) is 11.5 Å². The number of hydrogen-bond donors (Lipinski definition) is 1. The van der Waals surface area contributed by atoms with Crippen LogP contribution in [0.15, 0.2) is 12.1 Å².